The van der Waals surface area contributed by atoms with Crippen molar-refractivity contribution in [2.24, 2.45) is 0 Å². The van der Waals surface area contributed by atoms with Crippen molar-refractivity contribution < 1.29 is 84.8 Å². The lowest BCUT2D eigenvalue weighted by Gasteiger charge is -2.38. The molecule has 1 fully saturated rings. The van der Waals surface area contributed by atoms with Crippen molar-refractivity contribution in [3.05, 3.63) is 79.9 Å². The summed E-state index contributed by atoms with van der Waals surface area (Å²) in [7, 11) is -5.41. The van der Waals surface area contributed by atoms with E-state index in [2.05, 4.69) is 26.6 Å². The quantitative estimate of drug-likeness (QED) is 0.0387. The average molecular weight is 1020 g/mol. The summed E-state index contributed by atoms with van der Waals surface area (Å²) < 4.78 is 77.4. The normalized spacial score (nSPS) is 22.8. The summed E-state index contributed by atoms with van der Waals surface area (Å²) in [5.41, 5.74) is -0.653. The Morgan fingerprint density at radius 2 is 1.70 bits per heavy atom. The fourth-order valence-corrected chi connectivity index (χ4v) is 9.45. The fraction of sp³-hybridized carbons (Fsp3) is 0.429. The number of carboxylic acids is 1. The molecule has 4 aromatic rings. The number of carbonyl (C=O) groups excluding carboxylic acids is 3. The zero-order valence-electron chi connectivity index (χ0n) is 35.2. The number of amides is 2. The van der Waals surface area contributed by atoms with Gasteiger partial charge in [-0.05, 0) is 55.5 Å². The molecule has 3 aliphatic heterocycles. The first-order valence-electron chi connectivity index (χ1n) is 20.8. The van der Waals surface area contributed by atoms with Crippen LogP contribution >= 0.6 is 15.9 Å². The number of pyridine rings is 2. The number of cyclic esters (lactones) is 1. The van der Waals surface area contributed by atoms with Gasteiger partial charge in [-0.3, -0.25) is 14.4 Å². The molecule has 0 bridgehead atoms. The van der Waals surface area contributed by atoms with Crippen molar-refractivity contribution in [3.8, 4) is 28.6 Å². The van der Waals surface area contributed by atoms with Gasteiger partial charge in [0.05, 0.1) is 47.6 Å². The number of aromatic nitrogens is 2. The molecule has 8 rings (SSSR count). The van der Waals surface area contributed by atoms with Crippen molar-refractivity contribution in [2.75, 3.05) is 31.6 Å². The lowest BCUT2D eigenvalue weighted by atomic mass is 9.85. The molecule has 5 heterocycles. The van der Waals surface area contributed by atoms with E-state index in [4.69, 9.17) is 32.3 Å². The number of aliphatic hydroxyl groups is 4. The molecule has 4 aliphatic rings. The number of ether oxygens (including phenoxy) is 4. The summed E-state index contributed by atoms with van der Waals surface area (Å²) >= 11 is 3.02. The zero-order valence-corrected chi connectivity index (χ0v) is 37.6. The van der Waals surface area contributed by atoms with E-state index in [1.54, 1.807) is 6.92 Å². The first-order chi connectivity index (χ1) is 31.9. The monoisotopic (exact) mass is 1020 g/mol. The van der Waals surface area contributed by atoms with E-state index in [9.17, 15) is 57.9 Å². The number of nitrogens with one attached hydrogen (secondary N) is 2. The van der Waals surface area contributed by atoms with Crippen LogP contribution in [0.2, 0.25) is 0 Å². The van der Waals surface area contributed by atoms with Crippen LogP contribution in [0.5, 0.6) is 17.2 Å². The lowest BCUT2D eigenvalue weighted by Crippen LogP contribution is -2.61. The second-order valence-corrected chi connectivity index (χ2v) is 17.6. The lowest BCUT2D eigenvalue weighted by molar-refractivity contribution is -0.271. The van der Waals surface area contributed by atoms with Crippen LogP contribution in [0, 0.1) is 5.82 Å². The van der Waals surface area contributed by atoms with Gasteiger partial charge in [0.1, 0.15) is 24.9 Å². The van der Waals surface area contributed by atoms with Crippen molar-refractivity contribution in [1.82, 2.24) is 20.2 Å². The molecule has 1 saturated heterocycles. The van der Waals surface area contributed by atoms with Crippen LogP contribution in [0.25, 0.3) is 22.3 Å². The molecule has 0 spiro atoms. The maximum Gasteiger partial charge on any atom is 0.501 e. The number of esters is 1. The number of carbonyl (C=O) groups is 4. The molecular formula is C42H42BrFN4O18S. The van der Waals surface area contributed by atoms with E-state index in [0.29, 0.717) is 35.0 Å². The number of hydrogen-bond donors (Lipinski definition) is 7. The Hall–Kier alpha value is -5.80. The molecule has 0 radical (unpaired) electrons. The molecule has 1 aliphatic carbocycles. The van der Waals surface area contributed by atoms with E-state index in [1.807, 2.05) is 0 Å². The Labute approximate surface area is 387 Å². The minimum Gasteiger partial charge on any atom is -0.479 e. The first-order valence-corrected chi connectivity index (χ1v) is 23.2. The molecule has 6 atom stereocenters. The molecule has 2 amide bonds. The number of benzene rings is 2. The largest absolute Gasteiger partial charge is 0.501 e. The van der Waals surface area contributed by atoms with Crippen LogP contribution in [0.3, 0.4) is 0 Å². The maximum absolute atomic E-state index is 16.3. The first kappa shape index (κ1) is 47.7. The minimum atomic E-state index is -5.41. The number of hydrogen-bond acceptors (Lipinski definition) is 18. The number of rotatable bonds is 16. The topological polar surface area (TPSA) is 318 Å². The number of halogens is 2. The smallest absolute Gasteiger partial charge is 0.479 e. The number of carboxylic acid groups (broad SMARTS) is 1. The summed E-state index contributed by atoms with van der Waals surface area (Å²) in [6, 6.07) is 5.47. The Kier molecular flexibility index (Phi) is 13.3. The highest BCUT2D eigenvalue weighted by atomic mass is 79.9. The van der Waals surface area contributed by atoms with Gasteiger partial charge in [-0.1, -0.05) is 22.9 Å². The van der Waals surface area contributed by atoms with Crippen molar-refractivity contribution in [2.45, 2.75) is 82.1 Å². The van der Waals surface area contributed by atoms with Gasteiger partial charge < -0.3 is 68.0 Å². The molecule has 22 nitrogen and oxygen atoms in total. The summed E-state index contributed by atoms with van der Waals surface area (Å²) in [6.07, 6.45) is -9.67. The van der Waals surface area contributed by atoms with Crippen LogP contribution in [0.4, 0.5) is 4.39 Å². The third-order valence-electron chi connectivity index (χ3n) is 11.8. The predicted octanol–water partition coefficient (Wildman–Crippen LogP) is -0.0615. The molecule has 0 saturated carbocycles. The number of aliphatic carboxylic acids is 1. The Balaban J connectivity index is 1.10. The van der Waals surface area contributed by atoms with Gasteiger partial charge >= 0.3 is 22.3 Å². The molecule has 358 valence electrons. The standard InChI is InChI=1S/C42H42BrFN4O18S/c1-2-42(58)23-13-26-31-21(16-48(26)38(54)22(23)17-62-41(42)57)19-4-3-5-20-30(19)25(47-31)14-24(44)35(20)66-67(59,60)65-28-12-18(37(53)46-9-11-61-10-8-45-29(49)15-43)6-7-27(28)63-40-34(52)32(50)33(51)36(64-40)39(55)56/h6-7,12-14,32-34,36,40,50-52,58H,2-5,8-11,15-17H2,1H3,(H,45,49)(H,46,53)(H,55,56)/t32-,33-,34+,36-,40?,42-/m0/s1. The third-order valence-corrected chi connectivity index (χ3v) is 13.1. The minimum absolute atomic E-state index is 0.00638. The number of aryl methyl sites for hydroxylation is 2. The molecule has 2 aromatic carbocycles. The molecular weight excluding hydrogens is 979 g/mol. The highest BCUT2D eigenvalue weighted by Crippen LogP contribution is 2.45. The van der Waals surface area contributed by atoms with E-state index in [-0.39, 0.29) is 97.0 Å². The van der Waals surface area contributed by atoms with E-state index < -0.39 is 93.2 Å². The van der Waals surface area contributed by atoms with Crippen molar-refractivity contribution >= 4 is 61.0 Å². The van der Waals surface area contributed by atoms with Gasteiger partial charge in [0.2, 0.25) is 12.2 Å². The third kappa shape index (κ3) is 8.92. The number of nitrogens with zero attached hydrogens (tertiary/aromatic N) is 2. The van der Waals surface area contributed by atoms with Gasteiger partial charge in [0, 0.05) is 46.8 Å². The average Bonchev–Trinajstić information content (AvgIpc) is 3.67. The van der Waals surface area contributed by atoms with Gasteiger partial charge in [0.15, 0.2) is 34.8 Å². The maximum atomic E-state index is 16.3. The van der Waals surface area contributed by atoms with Crippen LogP contribution in [0.15, 0.2) is 35.1 Å². The van der Waals surface area contributed by atoms with E-state index in [1.165, 1.54) is 10.6 Å². The summed E-state index contributed by atoms with van der Waals surface area (Å²) in [5, 5.41) is 57.6. The zero-order chi connectivity index (χ0) is 48.1. The van der Waals surface area contributed by atoms with Gasteiger partial charge in [-0.2, -0.15) is 0 Å². The predicted molar refractivity (Wildman–Crippen MR) is 228 cm³/mol. The van der Waals surface area contributed by atoms with Crippen LogP contribution < -0.4 is 29.3 Å². The van der Waals surface area contributed by atoms with Crippen LogP contribution in [-0.4, -0.2) is 130 Å². The van der Waals surface area contributed by atoms with E-state index in [0.717, 1.165) is 24.3 Å². The number of alkyl halides is 1. The van der Waals surface area contributed by atoms with Crippen LogP contribution in [0.1, 0.15) is 57.9 Å². The van der Waals surface area contributed by atoms with Crippen molar-refractivity contribution in [1.29, 1.82) is 0 Å². The highest BCUT2D eigenvalue weighted by molar-refractivity contribution is 9.09. The summed E-state index contributed by atoms with van der Waals surface area (Å²) in [4.78, 5) is 67.5. The number of aliphatic hydroxyl groups excluding tert-OH is 3. The van der Waals surface area contributed by atoms with Gasteiger partial charge in [-0.15, -0.1) is 8.42 Å². The van der Waals surface area contributed by atoms with Gasteiger partial charge in [-0.25, -0.2) is 19.0 Å². The molecule has 25 heteroatoms. The second kappa shape index (κ2) is 18.7. The fourth-order valence-electron chi connectivity index (χ4n) is 8.48. The Morgan fingerprint density at radius 3 is 2.42 bits per heavy atom. The summed E-state index contributed by atoms with van der Waals surface area (Å²) in [6.45, 7) is 1.52. The highest BCUT2D eigenvalue weighted by Gasteiger charge is 2.49. The molecule has 7 N–H and O–H groups in total. The second-order valence-electron chi connectivity index (χ2n) is 15.9. The number of fused-ring (bicyclic) bond motifs is 5. The van der Waals surface area contributed by atoms with Crippen LogP contribution in [-0.2, 0) is 70.6 Å². The Bertz CT molecular complexity index is 2880. The SMILES string of the molecule is CC[C@@]1(O)C(=O)OCc2c1cc1n(c2=O)Cc2c-1nc1cc(F)c(OS(=O)(=O)Oc3cc(C(=O)NCCOCCNC(=O)CBr)ccc3OC3O[C@H](C(=O)O)[C@@H](O)[C@H](O)[C@H]3O)c3c1c2CCC3. The molecule has 2 aromatic heterocycles. The van der Waals surface area contributed by atoms with Gasteiger partial charge in [0.25, 0.3) is 11.5 Å². The van der Waals surface area contributed by atoms with Crippen molar-refractivity contribution in [3.63, 3.8) is 0 Å². The van der Waals surface area contributed by atoms with E-state index >= 15 is 4.39 Å². The Morgan fingerprint density at radius 1 is 0.970 bits per heavy atom. The summed E-state index contributed by atoms with van der Waals surface area (Å²) in [5.74, 6) is -7.02. The molecule has 67 heavy (non-hydrogen) atoms. The molecule has 1 unspecified atom stereocenters.